The van der Waals surface area contributed by atoms with Gasteiger partial charge in [-0.3, -0.25) is 9.69 Å². The molecule has 1 aliphatic heterocycles. The molecule has 19 heavy (non-hydrogen) atoms. The Bertz CT molecular complexity index is 338. The number of hydrogen-bond acceptors (Lipinski definition) is 3. The molecule has 2 rings (SSSR count). The van der Waals surface area contributed by atoms with Gasteiger partial charge in [0, 0.05) is 13.2 Å². The normalized spacial score (nSPS) is 22.1. The Morgan fingerprint density at radius 2 is 1.74 bits per heavy atom. The summed E-state index contributed by atoms with van der Waals surface area (Å²) < 4.78 is 0. The van der Waals surface area contributed by atoms with E-state index < -0.39 is 5.54 Å². The van der Waals surface area contributed by atoms with Crippen LogP contribution in [0.3, 0.4) is 0 Å². The first kappa shape index (κ1) is 14.3. The summed E-state index contributed by atoms with van der Waals surface area (Å²) in [6.07, 6.45) is 8.31. The van der Waals surface area contributed by atoms with Crippen LogP contribution in [0.15, 0.2) is 0 Å². The van der Waals surface area contributed by atoms with E-state index in [1.807, 2.05) is 0 Å². The molecule has 3 amide bonds. The van der Waals surface area contributed by atoms with Crippen molar-refractivity contribution in [2.45, 2.75) is 63.3 Å². The number of urea groups is 1. The van der Waals surface area contributed by atoms with E-state index in [-0.39, 0.29) is 18.5 Å². The van der Waals surface area contributed by atoms with Gasteiger partial charge in [0.2, 0.25) is 0 Å². The van der Waals surface area contributed by atoms with E-state index in [9.17, 15) is 9.59 Å². The minimum Gasteiger partial charge on any atom is -0.396 e. The number of nitrogens with zero attached hydrogens (tertiary/aromatic N) is 1. The Morgan fingerprint density at radius 3 is 2.42 bits per heavy atom. The Kier molecular flexibility index (Phi) is 4.80. The molecule has 1 aliphatic carbocycles. The van der Waals surface area contributed by atoms with Gasteiger partial charge in [-0.25, -0.2) is 4.79 Å². The van der Waals surface area contributed by atoms with Crippen molar-refractivity contribution in [2.24, 2.45) is 0 Å². The maximum Gasteiger partial charge on any atom is 0.325 e. The number of unbranched alkanes of at least 4 members (excludes halogenated alkanes) is 3. The maximum atomic E-state index is 12.4. The molecule has 108 valence electrons. The molecule has 0 aromatic carbocycles. The monoisotopic (exact) mass is 268 g/mol. The van der Waals surface area contributed by atoms with Gasteiger partial charge in [0.25, 0.3) is 5.91 Å². The van der Waals surface area contributed by atoms with Crippen molar-refractivity contribution < 1.29 is 14.7 Å². The summed E-state index contributed by atoms with van der Waals surface area (Å²) in [4.78, 5) is 25.7. The Morgan fingerprint density at radius 1 is 1.05 bits per heavy atom. The van der Waals surface area contributed by atoms with E-state index in [1.54, 1.807) is 0 Å². The summed E-state index contributed by atoms with van der Waals surface area (Å²) in [7, 11) is 0. The zero-order chi connectivity index (χ0) is 13.7. The summed E-state index contributed by atoms with van der Waals surface area (Å²) >= 11 is 0. The highest BCUT2D eigenvalue weighted by molar-refractivity contribution is 6.07. The van der Waals surface area contributed by atoms with E-state index in [4.69, 9.17) is 5.11 Å². The first-order valence-electron chi connectivity index (χ1n) is 7.45. The second kappa shape index (κ2) is 6.37. The Balaban J connectivity index is 1.84. The highest BCUT2D eigenvalue weighted by Crippen LogP contribution is 2.33. The van der Waals surface area contributed by atoms with Gasteiger partial charge in [-0.05, 0) is 25.7 Å². The SMILES string of the molecule is O=C1NC2(CCCCC2)C(=O)N1CCCCCCO. The molecule has 5 heteroatoms. The van der Waals surface area contributed by atoms with Gasteiger partial charge in [0.05, 0.1) is 0 Å². The maximum absolute atomic E-state index is 12.4. The smallest absolute Gasteiger partial charge is 0.325 e. The zero-order valence-electron chi connectivity index (χ0n) is 11.5. The average Bonchev–Trinajstić information content (AvgIpc) is 2.63. The van der Waals surface area contributed by atoms with Gasteiger partial charge in [-0.15, -0.1) is 0 Å². The van der Waals surface area contributed by atoms with Crippen LogP contribution in [0.25, 0.3) is 0 Å². The molecule has 0 bridgehead atoms. The van der Waals surface area contributed by atoms with Gasteiger partial charge < -0.3 is 10.4 Å². The van der Waals surface area contributed by atoms with Crippen LogP contribution in [-0.2, 0) is 4.79 Å². The fourth-order valence-electron chi connectivity index (χ4n) is 3.11. The van der Waals surface area contributed by atoms with Gasteiger partial charge in [-0.2, -0.15) is 0 Å². The minimum absolute atomic E-state index is 0.0145. The van der Waals surface area contributed by atoms with Gasteiger partial charge >= 0.3 is 6.03 Å². The standard InChI is InChI=1S/C14H24N2O3/c17-11-7-2-1-6-10-16-12(18)14(15-13(16)19)8-4-3-5-9-14/h17H,1-11H2,(H,15,19). The molecule has 1 saturated heterocycles. The number of rotatable bonds is 6. The lowest BCUT2D eigenvalue weighted by atomic mass is 9.82. The predicted octanol–water partition coefficient (Wildman–Crippen LogP) is 1.79. The highest BCUT2D eigenvalue weighted by atomic mass is 16.3. The zero-order valence-corrected chi connectivity index (χ0v) is 11.5. The molecule has 2 fully saturated rings. The lowest BCUT2D eigenvalue weighted by Gasteiger charge is -2.30. The van der Waals surface area contributed by atoms with Crippen LogP contribution in [0.1, 0.15) is 57.8 Å². The molecule has 0 aromatic heterocycles. The van der Waals surface area contributed by atoms with Crippen LogP contribution < -0.4 is 5.32 Å². The molecule has 0 aromatic rings. The molecule has 0 unspecified atom stereocenters. The topological polar surface area (TPSA) is 69.6 Å². The van der Waals surface area contributed by atoms with Crippen LogP contribution in [0.2, 0.25) is 0 Å². The number of hydrogen-bond donors (Lipinski definition) is 2. The summed E-state index contributed by atoms with van der Waals surface area (Å²) in [5, 5.41) is 11.6. The molecule has 0 atom stereocenters. The summed E-state index contributed by atoms with van der Waals surface area (Å²) in [6.45, 7) is 0.726. The van der Waals surface area contributed by atoms with E-state index >= 15 is 0 Å². The number of carbonyl (C=O) groups is 2. The average molecular weight is 268 g/mol. The third kappa shape index (κ3) is 3.08. The molecule has 0 radical (unpaired) electrons. The largest absolute Gasteiger partial charge is 0.396 e. The third-order valence-corrected chi connectivity index (χ3v) is 4.24. The number of imide groups is 1. The molecule has 1 spiro atoms. The molecule has 5 nitrogen and oxygen atoms in total. The van der Waals surface area contributed by atoms with Crippen LogP contribution in [-0.4, -0.2) is 40.6 Å². The van der Waals surface area contributed by atoms with Crippen LogP contribution in [0.5, 0.6) is 0 Å². The van der Waals surface area contributed by atoms with Crippen molar-refractivity contribution in [3.8, 4) is 0 Å². The van der Waals surface area contributed by atoms with Crippen molar-refractivity contribution >= 4 is 11.9 Å². The number of nitrogens with one attached hydrogen (secondary N) is 1. The van der Waals surface area contributed by atoms with Crippen LogP contribution in [0, 0.1) is 0 Å². The van der Waals surface area contributed by atoms with E-state index in [2.05, 4.69) is 5.32 Å². The quantitative estimate of drug-likeness (QED) is 0.570. The lowest BCUT2D eigenvalue weighted by molar-refractivity contribution is -0.132. The number of amides is 3. The molecule has 2 N–H and O–H groups in total. The summed E-state index contributed by atoms with van der Waals surface area (Å²) in [6, 6.07) is -0.214. The molecule has 1 saturated carbocycles. The second-order valence-electron chi connectivity index (χ2n) is 5.67. The molecule has 1 heterocycles. The van der Waals surface area contributed by atoms with Crippen molar-refractivity contribution in [1.82, 2.24) is 10.2 Å². The van der Waals surface area contributed by atoms with E-state index in [0.29, 0.717) is 6.54 Å². The van der Waals surface area contributed by atoms with Crippen molar-refractivity contribution in [3.05, 3.63) is 0 Å². The number of aliphatic hydroxyl groups is 1. The lowest BCUT2D eigenvalue weighted by Crippen LogP contribution is -2.48. The van der Waals surface area contributed by atoms with Crippen molar-refractivity contribution in [3.63, 3.8) is 0 Å². The van der Waals surface area contributed by atoms with E-state index in [1.165, 1.54) is 4.90 Å². The molecular weight excluding hydrogens is 244 g/mol. The van der Waals surface area contributed by atoms with Crippen LogP contribution >= 0.6 is 0 Å². The first-order valence-corrected chi connectivity index (χ1v) is 7.45. The van der Waals surface area contributed by atoms with Crippen molar-refractivity contribution in [2.75, 3.05) is 13.2 Å². The van der Waals surface area contributed by atoms with Crippen LogP contribution in [0.4, 0.5) is 4.79 Å². The second-order valence-corrected chi connectivity index (χ2v) is 5.67. The molecule has 2 aliphatic rings. The third-order valence-electron chi connectivity index (χ3n) is 4.24. The first-order chi connectivity index (χ1) is 9.19. The fraction of sp³-hybridized carbons (Fsp3) is 0.857. The van der Waals surface area contributed by atoms with Gasteiger partial charge in [0.15, 0.2) is 0 Å². The van der Waals surface area contributed by atoms with Crippen molar-refractivity contribution in [1.29, 1.82) is 0 Å². The minimum atomic E-state index is -0.583. The van der Waals surface area contributed by atoms with E-state index in [0.717, 1.165) is 57.8 Å². The predicted molar refractivity (Wildman–Crippen MR) is 71.6 cm³/mol. The summed E-state index contributed by atoms with van der Waals surface area (Å²) in [5.41, 5.74) is -0.583. The molecular formula is C14H24N2O3. The van der Waals surface area contributed by atoms with Gasteiger partial charge in [0.1, 0.15) is 5.54 Å². The number of aliphatic hydroxyl groups excluding tert-OH is 1. The Labute approximate surface area is 114 Å². The Hall–Kier alpha value is -1.10. The highest BCUT2D eigenvalue weighted by Gasteiger charge is 2.50. The fourth-order valence-corrected chi connectivity index (χ4v) is 3.11. The van der Waals surface area contributed by atoms with Gasteiger partial charge in [-0.1, -0.05) is 32.1 Å². The number of carbonyl (C=O) groups excluding carboxylic acids is 2. The summed E-state index contributed by atoms with van der Waals surface area (Å²) in [5.74, 6) is -0.0145.